The van der Waals surface area contributed by atoms with Gasteiger partial charge in [-0.15, -0.1) is 10.2 Å². The second kappa shape index (κ2) is 6.06. The van der Waals surface area contributed by atoms with Gasteiger partial charge in [-0.1, -0.05) is 23.1 Å². The lowest BCUT2D eigenvalue weighted by Gasteiger charge is -2.08. The number of ether oxygens (including phenoxy) is 2. The average molecular weight is 301 g/mol. The molecular formula is C11H15N3O3S2. The van der Waals surface area contributed by atoms with Crippen LogP contribution in [0.2, 0.25) is 0 Å². The molecule has 1 N–H and O–H groups in total. The molecule has 0 saturated carbocycles. The van der Waals surface area contributed by atoms with Gasteiger partial charge in [0, 0.05) is 19.6 Å². The molecule has 6 nitrogen and oxygen atoms in total. The summed E-state index contributed by atoms with van der Waals surface area (Å²) in [5.41, 5.74) is 0. The normalized spacial score (nSPS) is 26.6. The maximum absolute atomic E-state index is 11.4. The number of rotatable bonds is 5. The summed E-state index contributed by atoms with van der Waals surface area (Å²) in [5, 5.41) is 12.0. The Labute approximate surface area is 119 Å². The van der Waals surface area contributed by atoms with Crippen LogP contribution in [0.1, 0.15) is 19.3 Å². The second-order valence-corrected chi connectivity index (χ2v) is 6.88. The minimum absolute atomic E-state index is 0.126. The number of carbonyl (C=O) groups is 1. The summed E-state index contributed by atoms with van der Waals surface area (Å²) >= 11 is 2.91. The summed E-state index contributed by atoms with van der Waals surface area (Å²) in [7, 11) is 0. The van der Waals surface area contributed by atoms with Gasteiger partial charge in [0.25, 0.3) is 0 Å². The predicted molar refractivity (Wildman–Crippen MR) is 72.6 cm³/mol. The molecule has 2 fully saturated rings. The molecule has 104 valence electrons. The number of nitrogens with zero attached hydrogens (tertiary/aromatic N) is 2. The molecule has 2 aliphatic rings. The number of cyclic esters (lactones) is 1. The van der Waals surface area contributed by atoms with Gasteiger partial charge in [-0.2, -0.15) is 0 Å². The van der Waals surface area contributed by atoms with Crippen molar-refractivity contribution in [2.75, 3.05) is 25.1 Å². The van der Waals surface area contributed by atoms with E-state index in [4.69, 9.17) is 9.47 Å². The zero-order valence-electron chi connectivity index (χ0n) is 10.3. The third kappa shape index (κ3) is 3.37. The molecular weight excluding hydrogens is 286 g/mol. The van der Waals surface area contributed by atoms with Gasteiger partial charge in [-0.25, -0.2) is 0 Å². The van der Waals surface area contributed by atoms with Gasteiger partial charge in [0.1, 0.15) is 5.25 Å². The first-order valence-electron chi connectivity index (χ1n) is 6.33. The molecule has 3 rings (SSSR count). The van der Waals surface area contributed by atoms with Crippen LogP contribution >= 0.6 is 23.1 Å². The van der Waals surface area contributed by atoms with Gasteiger partial charge in [0.15, 0.2) is 4.34 Å². The topological polar surface area (TPSA) is 73.3 Å². The number of anilines is 1. The van der Waals surface area contributed by atoms with Crippen molar-refractivity contribution in [2.45, 2.75) is 35.0 Å². The van der Waals surface area contributed by atoms with Crippen LogP contribution in [0, 0.1) is 0 Å². The van der Waals surface area contributed by atoms with E-state index in [0.717, 1.165) is 41.9 Å². The average Bonchev–Trinajstić information content (AvgIpc) is 3.12. The van der Waals surface area contributed by atoms with E-state index in [2.05, 4.69) is 15.5 Å². The number of hydrogen-bond acceptors (Lipinski definition) is 8. The zero-order valence-corrected chi connectivity index (χ0v) is 12.0. The quantitative estimate of drug-likeness (QED) is 0.827. The third-order valence-electron chi connectivity index (χ3n) is 3.04. The summed E-state index contributed by atoms with van der Waals surface area (Å²) < 4.78 is 11.3. The van der Waals surface area contributed by atoms with Gasteiger partial charge in [-0.05, 0) is 12.8 Å². The molecule has 3 heterocycles. The molecule has 2 saturated heterocycles. The second-order valence-electron chi connectivity index (χ2n) is 4.45. The molecule has 0 bridgehead atoms. The Morgan fingerprint density at radius 1 is 1.37 bits per heavy atom. The molecule has 0 aromatic carbocycles. The van der Waals surface area contributed by atoms with E-state index >= 15 is 0 Å². The predicted octanol–water partition coefficient (Wildman–Crippen LogP) is 1.54. The van der Waals surface area contributed by atoms with Crippen molar-refractivity contribution in [3.63, 3.8) is 0 Å². The molecule has 0 unspecified atom stereocenters. The molecule has 0 aliphatic carbocycles. The van der Waals surface area contributed by atoms with Crippen LogP contribution in [-0.2, 0) is 14.3 Å². The van der Waals surface area contributed by atoms with E-state index in [9.17, 15) is 4.79 Å². The monoisotopic (exact) mass is 301 g/mol. The lowest BCUT2D eigenvalue weighted by atomic mass is 10.2. The number of nitrogens with one attached hydrogen (secondary N) is 1. The highest BCUT2D eigenvalue weighted by atomic mass is 32.2. The Morgan fingerprint density at radius 2 is 2.32 bits per heavy atom. The zero-order chi connectivity index (χ0) is 13.1. The Hall–Kier alpha value is -0.860. The van der Waals surface area contributed by atoms with Crippen LogP contribution in [0.5, 0.6) is 0 Å². The van der Waals surface area contributed by atoms with E-state index in [0.29, 0.717) is 6.61 Å². The van der Waals surface area contributed by atoms with Crippen molar-refractivity contribution in [2.24, 2.45) is 0 Å². The van der Waals surface area contributed by atoms with Crippen molar-refractivity contribution < 1.29 is 14.3 Å². The molecule has 2 aliphatic heterocycles. The fraction of sp³-hybridized carbons (Fsp3) is 0.727. The van der Waals surface area contributed by atoms with Gasteiger partial charge in [0.2, 0.25) is 5.13 Å². The van der Waals surface area contributed by atoms with Crippen molar-refractivity contribution in [3.05, 3.63) is 0 Å². The summed E-state index contributed by atoms with van der Waals surface area (Å²) in [6, 6.07) is 0. The number of thioether (sulfide) groups is 1. The van der Waals surface area contributed by atoms with Crippen LogP contribution in [0.4, 0.5) is 5.13 Å². The first-order chi connectivity index (χ1) is 9.31. The standard InChI is InChI=1S/C11H15N3O3S2/c15-9-8(3-5-17-9)18-11-14-13-10(19-11)12-6-7-2-1-4-16-7/h7-8H,1-6H2,(H,12,13)/t7-,8+/m1/s1. The Morgan fingerprint density at radius 3 is 3.05 bits per heavy atom. The first-order valence-corrected chi connectivity index (χ1v) is 8.03. The lowest BCUT2D eigenvalue weighted by molar-refractivity contribution is -0.137. The Bertz CT molecular complexity index is 448. The smallest absolute Gasteiger partial charge is 0.319 e. The van der Waals surface area contributed by atoms with Gasteiger partial charge < -0.3 is 14.8 Å². The van der Waals surface area contributed by atoms with E-state index in [-0.39, 0.29) is 17.3 Å². The van der Waals surface area contributed by atoms with E-state index in [1.807, 2.05) is 0 Å². The highest BCUT2D eigenvalue weighted by Crippen LogP contribution is 2.33. The van der Waals surface area contributed by atoms with Crippen LogP contribution in [-0.4, -0.2) is 47.3 Å². The number of carbonyl (C=O) groups excluding carboxylic acids is 1. The van der Waals surface area contributed by atoms with Gasteiger partial charge in [0.05, 0.1) is 12.7 Å². The summed E-state index contributed by atoms with van der Waals surface area (Å²) in [4.78, 5) is 11.4. The summed E-state index contributed by atoms with van der Waals surface area (Å²) in [5.74, 6) is -0.144. The van der Waals surface area contributed by atoms with Crippen molar-refractivity contribution in [1.82, 2.24) is 10.2 Å². The van der Waals surface area contributed by atoms with Crippen LogP contribution in [0.3, 0.4) is 0 Å². The maximum Gasteiger partial charge on any atom is 0.319 e. The van der Waals surface area contributed by atoms with Crippen molar-refractivity contribution >= 4 is 34.2 Å². The molecule has 0 radical (unpaired) electrons. The van der Waals surface area contributed by atoms with E-state index in [1.165, 1.54) is 23.1 Å². The maximum atomic E-state index is 11.4. The van der Waals surface area contributed by atoms with Crippen molar-refractivity contribution in [3.8, 4) is 0 Å². The number of hydrogen-bond donors (Lipinski definition) is 1. The van der Waals surface area contributed by atoms with Gasteiger partial charge >= 0.3 is 5.97 Å². The van der Waals surface area contributed by atoms with E-state index < -0.39 is 0 Å². The molecule has 1 aromatic rings. The number of aromatic nitrogens is 2. The molecule has 2 atom stereocenters. The Kier molecular flexibility index (Phi) is 4.19. The lowest BCUT2D eigenvalue weighted by Crippen LogP contribution is -2.18. The number of esters is 1. The summed E-state index contributed by atoms with van der Waals surface area (Å²) in [6.45, 7) is 2.14. The van der Waals surface area contributed by atoms with Crippen LogP contribution in [0.25, 0.3) is 0 Å². The first kappa shape index (κ1) is 13.1. The molecule has 1 aromatic heterocycles. The minimum atomic E-state index is -0.144. The fourth-order valence-corrected chi connectivity index (χ4v) is 4.01. The highest BCUT2D eigenvalue weighted by molar-refractivity contribution is 8.02. The van der Waals surface area contributed by atoms with E-state index in [1.54, 1.807) is 0 Å². The minimum Gasteiger partial charge on any atom is -0.465 e. The summed E-state index contributed by atoms with van der Waals surface area (Å²) in [6.07, 6.45) is 3.26. The molecule has 0 spiro atoms. The third-order valence-corrected chi connectivity index (χ3v) is 5.25. The Balaban J connectivity index is 1.49. The fourth-order valence-electron chi connectivity index (χ4n) is 2.04. The molecule has 19 heavy (non-hydrogen) atoms. The van der Waals surface area contributed by atoms with Crippen LogP contribution in [0.15, 0.2) is 4.34 Å². The van der Waals surface area contributed by atoms with Crippen LogP contribution < -0.4 is 5.32 Å². The largest absolute Gasteiger partial charge is 0.465 e. The molecule has 8 heteroatoms. The van der Waals surface area contributed by atoms with Crippen molar-refractivity contribution in [1.29, 1.82) is 0 Å². The molecule has 0 amide bonds. The van der Waals surface area contributed by atoms with Gasteiger partial charge in [-0.3, -0.25) is 4.79 Å². The highest BCUT2D eigenvalue weighted by Gasteiger charge is 2.28. The SMILES string of the molecule is O=C1OCC[C@@H]1Sc1nnc(NC[C@H]2CCCO2)s1.